The number of likely N-dealkylation sites (N-methyl/N-ethyl adjacent to an activating group) is 1. The van der Waals surface area contributed by atoms with Crippen LogP contribution >= 0.6 is 0 Å². The first-order valence-electron chi connectivity index (χ1n) is 6.92. The van der Waals surface area contributed by atoms with Crippen LogP contribution in [0.15, 0.2) is 36.8 Å². The molecule has 5 heteroatoms. The molecular formula is C15H21N5. The van der Waals surface area contributed by atoms with E-state index in [0.29, 0.717) is 0 Å². The molecule has 0 amide bonds. The van der Waals surface area contributed by atoms with E-state index < -0.39 is 0 Å². The lowest BCUT2D eigenvalue weighted by molar-refractivity contribution is 0.704. The maximum absolute atomic E-state index is 4.60. The molecule has 0 radical (unpaired) electrons. The van der Waals surface area contributed by atoms with E-state index in [1.807, 2.05) is 31.4 Å². The summed E-state index contributed by atoms with van der Waals surface area (Å²) in [6.07, 6.45) is 6.33. The van der Waals surface area contributed by atoms with Crippen LogP contribution in [0.5, 0.6) is 0 Å². The van der Waals surface area contributed by atoms with Crippen molar-refractivity contribution < 1.29 is 0 Å². The quantitative estimate of drug-likeness (QED) is 0.830. The van der Waals surface area contributed by atoms with Crippen LogP contribution in [0.1, 0.15) is 18.3 Å². The highest BCUT2D eigenvalue weighted by atomic mass is 15.2. The molecule has 0 spiro atoms. The molecule has 0 fully saturated rings. The first-order chi connectivity index (χ1) is 9.79. The molecule has 106 valence electrons. The van der Waals surface area contributed by atoms with Gasteiger partial charge in [-0.2, -0.15) is 0 Å². The van der Waals surface area contributed by atoms with Crippen molar-refractivity contribution in [2.45, 2.75) is 19.9 Å². The molecule has 0 unspecified atom stereocenters. The van der Waals surface area contributed by atoms with Crippen LogP contribution in [-0.2, 0) is 13.0 Å². The first-order valence-corrected chi connectivity index (χ1v) is 6.92. The number of nitrogens with one attached hydrogen (secondary N) is 1. The molecule has 0 bridgehead atoms. The number of anilines is 1. The van der Waals surface area contributed by atoms with Gasteiger partial charge in [-0.05, 0) is 18.7 Å². The molecule has 2 aromatic rings. The van der Waals surface area contributed by atoms with Gasteiger partial charge in [-0.3, -0.25) is 9.97 Å². The summed E-state index contributed by atoms with van der Waals surface area (Å²) in [4.78, 5) is 15.3. The van der Waals surface area contributed by atoms with Gasteiger partial charge in [0.1, 0.15) is 5.82 Å². The summed E-state index contributed by atoms with van der Waals surface area (Å²) in [5.74, 6) is 0.899. The van der Waals surface area contributed by atoms with Crippen LogP contribution in [0.2, 0.25) is 0 Å². The van der Waals surface area contributed by atoms with Crippen molar-refractivity contribution in [3.63, 3.8) is 0 Å². The largest absolute Gasteiger partial charge is 0.358 e. The van der Waals surface area contributed by atoms with Crippen LogP contribution < -0.4 is 10.2 Å². The lowest BCUT2D eigenvalue weighted by Gasteiger charge is -2.18. The third-order valence-corrected chi connectivity index (χ3v) is 3.05. The molecule has 0 aromatic carbocycles. The standard InChI is InChI=1S/C15H21N5/c1-3-16-10-14-11-17-12-15(19-14)20(2)9-7-13-6-4-5-8-18-13/h4-6,8,11-12,16H,3,7,9-10H2,1-2H3. The van der Waals surface area contributed by atoms with Crippen molar-refractivity contribution >= 4 is 5.82 Å². The molecule has 0 aliphatic carbocycles. The van der Waals surface area contributed by atoms with E-state index in [0.717, 1.165) is 43.3 Å². The summed E-state index contributed by atoms with van der Waals surface area (Å²) in [5.41, 5.74) is 2.06. The van der Waals surface area contributed by atoms with E-state index in [9.17, 15) is 0 Å². The fraction of sp³-hybridized carbons (Fsp3) is 0.400. The van der Waals surface area contributed by atoms with Crippen molar-refractivity contribution in [1.82, 2.24) is 20.3 Å². The molecule has 5 nitrogen and oxygen atoms in total. The Kier molecular flexibility index (Phi) is 5.43. The van der Waals surface area contributed by atoms with Gasteiger partial charge in [0, 0.05) is 44.6 Å². The van der Waals surface area contributed by atoms with Gasteiger partial charge < -0.3 is 10.2 Å². The molecule has 1 N–H and O–H groups in total. The topological polar surface area (TPSA) is 53.9 Å². The summed E-state index contributed by atoms with van der Waals surface area (Å²) in [7, 11) is 2.03. The van der Waals surface area contributed by atoms with Crippen molar-refractivity contribution in [2.75, 3.05) is 25.0 Å². The van der Waals surface area contributed by atoms with E-state index in [-0.39, 0.29) is 0 Å². The number of rotatable bonds is 7. The molecule has 0 aliphatic rings. The van der Waals surface area contributed by atoms with Gasteiger partial charge in [-0.1, -0.05) is 13.0 Å². The van der Waals surface area contributed by atoms with Crippen molar-refractivity contribution in [1.29, 1.82) is 0 Å². The SMILES string of the molecule is CCNCc1cncc(N(C)CCc2ccccn2)n1. The molecule has 2 rings (SSSR count). The number of nitrogens with zero attached hydrogens (tertiary/aromatic N) is 4. The third kappa shape index (κ3) is 4.28. The van der Waals surface area contributed by atoms with E-state index in [1.54, 1.807) is 12.4 Å². The van der Waals surface area contributed by atoms with Gasteiger partial charge in [0.05, 0.1) is 11.9 Å². The second kappa shape index (κ2) is 7.55. The molecule has 2 aromatic heterocycles. The Balaban J connectivity index is 1.93. The first kappa shape index (κ1) is 14.4. The van der Waals surface area contributed by atoms with Crippen LogP contribution in [0.3, 0.4) is 0 Å². The molecule has 0 aliphatic heterocycles. The van der Waals surface area contributed by atoms with E-state index in [1.165, 1.54) is 0 Å². The lowest BCUT2D eigenvalue weighted by Crippen LogP contribution is -2.23. The highest BCUT2D eigenvalue weighted by molar-refractivity contribution is 5.35. The fourth-order valence-corrected chi connectivity index (χ4v) is 1.86. The molecule has 0 atom stereocenters. The minimum absolute atomic E-state index is 0.755. The summed E-state index contributed by atoms with van der Waals surface area (Å²) in [5, 5.41) is 3.26. The molecule has 20 heavy (non-hydrogen) atoms. The Morgan fingerprint density at radius 2 is 2.10 bits per heavy atom. The predicted molar refractivity (Wildman–Crippen MR) is 80.6 cm³/mol. The molecule has 0 saturated heterocycles. The smallest absolute Gasteiger partial charge is 0.147 e. The zero-order chi connectivity index (χ0) is 14.2. The van der Waals surface area contributed by atoms with Gasteiger partial charge >= 0.3 is 0 Å². The van der Waals surface area contributed by atoms with E-state index in [4.69, 9.17) is 0 Å². The van der Waals surface area contributed by atoms with Crippen molar-refractivity contribution in [3.05, 3.63) is 48.2 Å². The number of hydrogen-bond donors (Lipinski definition) is 1. The Morgan fingerprint density at radius 3 is 2.85 bits per heavy atom. The Bertz CT molecular complexity index is 515. The number of hydrogen-bond acceptors (Lipinski definition) is 5. The minimum atomic E-state index is 0.755. The second-order valence-electron chi connectivity index (χ2n) is 4.64. The van der Waals surface area contributed by atoms with E-state index in [2.05, 4.69) is 32.1 Å². The zero-order valence-corrected chi connectivity index (χ0v) is 12.1. The summed E-state index contributed by atoms with van der Waals surface area (Å²) >= 11 is 0. The van der Waals surface area contributed by atoms with E-state index >= 15 is 0 Å². The number of aromatic nitrogens is 3. The Labute approximate surface area is 120 Å². The average molecular weight is 271 g/mol. The van der Waals surface area contributed by atoms with Gasteiger partial charge in [0.2, 0.25) is 0 Å². The highest BCUT2D eigenvalue weighted by Gasteiger charge is 2.05. The van der Waals surface area contributed by atoms with Gasteiger partial charge in [0.25, 0.3) is 0 Å². The Hall–Kier alpha value is -2.01. The molecular weight excluding hydrogens is 250 g/mol. The third-order valence-electron chi connectivity index (χ3n) is 3.05. The van der Waals surface area contributed by atoms with Crippen LogP contribution in [0, 0.1) is 0 Å². The lowest BCUT2D eigenvalue weighted by atomic mass is 10.2. The maximum atomic E-state index is 4.60. The predicted octanol–water partition coefficient (Wildman–Crippen LogP) is 1.66. The Morgan fingerprint density at radius 1 is 1.20 bits per heavy atom. The highest BCUT2D eigenvalue weighted by Crippen LogP contribution is 2.08. The van der Waals surface area contributed by atoms with Crippen LogP contribution in [-0.4, -0.2) is 35.1 Å². The average Bonchev–Trinajstić information content (AvgIpc) is 2.52. The zero-order valence-electron chi connectivity index (χ0n) is 12.1. The molecule has 0 saturated carbocycles. The fourth-order valence-electron chi connectivity index (χ4n) is 1.86. The summed E-state index contributed by atoms with van der Waals surface area (Å²) in [6.45, 7) is 4.64. The van der Waals surface area contributed by atoms with Crippen molar-refractivity contribution in [3.8, 4) is 0 Å². The monoisotopic (exact) mass is 271 g/mol. The summed E-state index contributed by atoms with van der Waals surface area (Å²) < 4.78 is 0. The van der Waals surface area contributed by atoms with Crippen LogP contribution in [0.25, 0.3) is 0 Å². The second-order valence-corrected chi connectivity index (χ2v) is 4.64. The normalized spacial score (nSPS) is 10.5. The van der Waals surface area contributed by atoms with Crippen molar-refractivity contribution in [2.24, 2.45) is 0 Å². The maximum Gasteiger partial charge on any atom is 0.147 e. The minimum Gasteiger partial charge on any atom is -0.358 e. The summed E-state index contributed by atoms with van der Waals surface area (Å²) in [6, 6.07) is 5.99. The number of pyridine rings is 1. The van der Waals surface area contributed by atoms with Gasteiger partial charge in [0.15, 0.2) is 0 Å². The van der Waals surface area contributed by atoms with Crippen LogP contribution in [0.4, 0.5) is 5.82 Å². The van der Waals surface area contributed by atoms with Gasteiger partial charge in [-0.25, -0.2) is 4.98 Å². The molecule has 2 heterocycles. The van der Waals surface area contributed by atoms with Gasteiger partial charge in [-0.15, -0.1) is 0 Å².